The predicted molar refractivity (Wildman–Crippen MR) is 121 cm³/mol. The van der Waals surface area contributed by atoms with Crippen LogP contribution in [0.2, 0.25) is 5.02 Å². The molecule has 8 heteroatoms. The van der Waals surface area contributed by atoms with Crippen molar-refractivity contribution in [2.24, 2.45) is 0 Å². The Hall–Kier alpha value is -2.19. The first-order valence-corrected chi connectivity index (χ1v) is 11.2. The first-order valence-electron chi connectivity index (χ1n) is 9.96. The van der Waals surface area contributed by atoms with Crippen LogP contribution in [0, 0.1) is 0 Å². The number of halogens is 1. The second kappa shape index (κ2) is 9.75. The third-order valence-electron chi connectivity index (χ3n) is 5.11. The van der Waals surface area contributed by atoms with Gasteiger partial charge in [0.25, 0.3) is 5.91 Å². The van der Waals surface area contributed by atoms with E-state index in [2.05, 4.69) is 4.90 Å². The van der Waals surface area contributed by atoms with Gasteiger partial charge in [0.2, 0.25) is 0 Å². The Labute approximate surface area is 185 Å². The van der Waals surface area contributed by atoms with Gasteiger partial charge in [-0.15, -0.1) is 0 Å². The number of nitrogens with zero attached hydrogens (tertiary/aromatic N) is 3. The van der Waals surface area contributed by atoms with Crippen LogP contribution in [0.1, 0.15) is 16.8 Å². The molecule has 1 aliphatic heterocycles. The molecule has 1 aliphatic rings. The van der Waals surface area contributed by atoms with Crippen LogP contribution in [0.5, 0.6) is 5.75 Å². The smallest absolute Gasteiger partial charge is 0.260 e. The molecule has 0 atom stereocenters. The van der Waals surface area contributed by atoms with Gasteiger partial charge in [0.15, 0.2) is 5.13 Å². The summed E-state index contributed by atoms with van der Waals surface area (Å²) in [5.74, 6) is 0.709. The topological polar surface area (TPSA) is 54.9 Å². The van der Waals surface area contributed by atoms with Gasteiger partial charge in [-0.3, -0.25) is 14.6 Å². The number of carbonyl (C=O) groups excluding carboxylic acids is 1. The highest BCUT2D eigenvalue weighted by atomic mass is 35.5. The number of ether oxygens (including phenoxy) is 2. The van der Waals surface area contributed by atoms with Crippen LogP contribution in [0.4, 0.5) is 5.13 Å². The first-order chi connectivity index (χ1) is 14.6. The van der Waals surface area contributed by atoms with Crippen molar-refractivity contribution in [3.63, 3.8) is 0 Å². The highest BCUT2D eigenvalue weighted by Gasteiger charge is 2.22. The van der Waals surface area contributed by atoms with Gasteiger partial charge in [0.1, 0.15) is 5.75 Å². The Morgan fingerprint density at radius 2 is 2.00 bits per heavy atom. The molecular formula is C22H24ClN3O3S. The number of thiazole rings is 1. The van der Waals surface area contributed by atoms with E-state index in [9.17, 15) is 4.79 Å². The second-order valence-corrected chi connectivity index (χ2v) is 8.55. The molecule has 158 valence electrons. The molecule has 2 heterocycles. The maximum absolute atomic E-state index is 13.3. The second-order valence-electron chi connectivity index (χ2n) is 7.10. The Bertz CT molecular complexity index is 1000. The zero-order valence-electron chi connectivity index (χ0n) is 16.8. The van der Waals surface area contributed by atoms with Crippen LogP contribution in [-0.2, 0) is 4.74 Å². The summed E-state index contributed by atoms with van der Waals surface area (Å²) in [5, 5.41) is 1.30. The lowest BCUT2D eigenvalue weighted by molar-refractivity contribution is 0.0376. The number of morpholine rings is 1. The minimum Gasteiger partial charge on any atom is -0.497 e. The Morgan fingerprint density at radius 3 is 2.73 bits per heavy atom. The number of hydrogen-bond acceptors (Lipinski definition) is 6. The van der Waals surface area contributed by atoms with Gasteiger partial charge < -0.3 is 9.47 Å². The molecule has 1 amide bonds. The van der Waals surface area contributed by atoms with Crippen molar-refractivity contribution < 1.29 is 14.3 Å². The Balaban J connectivity index is 1.57. The quantitative estimate of drug-likeness (QED) is 0.542. The minimum absolute atomic E-state index is 0.0698. The van der Waals surface area contributed by atoms with Gasteiger partial charge in [0.05, 0.1) is 30.5 Å². The molecule has 0 saturated carbocycles. The van der Waals surface area contributed by atoms with E-state index in [-0.39, 0.29) is 5.91 Å². The highest BCUT2D eigenvalue weighted by Crippen LogP contribution is 2.32. The number of rotatable bonds is 7. The number of aromatic nitrogens is 1. The molecule has 30 heavy (non-hydrogen) atoms. The summed E-state index contributed by atoms with van der Waals surface area (Å²) in [6.45, 7) is 4.93. The summed E-state index contributed by atoms with van der Waals surface area (Å²) in [7, 11) is 1.64. The molecule has 0 unspecified atom stereocenters. The van der Waals surface area contributed by atoms with Gasteiger partial charge >= 0.3 is 0 Å². The average molecular weight is 446 g/mol. The maximum atomic E-state index is 13.3. The summed E-state index contributed by atoms with van der Waals surface area (Å²) < 4.78 is 11.7. The van der Waals surface area contributed by atoms with E-state index in [0.29, 0.717) is 22.3 Å². The lowest BCUT2D eigenvalue weighted by atomic mass is 10.2. The number of hydrogen-bond donors (Lipinski definition) is 0. The van der Waals surface area contributed by atoms with E-state index >= 15 is 0 Å². The Kier molecular flexibility index (Phi) is 6.84. The maximum Gasteiger partial charge on any atom is 0.260 e. The molecule has 1 aromatic heterocycles. The van der Waals surface area contributed by atoms with Crippen LogP contribution < -0.4 is 9.64 Å². The molecule has 1 saturated heterocycles. The van der Waals surface area contributed by atoms with Gasteiger partial charge in [-0.2, -0.15) is 0 Å². The summed E-state index contributed by atoms with van der Waals surface area (Å²) >= 11 is 7.50. The number of amides is 1. The fourth-order valence-electron chi connectivity index (χ4n) is 3.44. The largest absolute Gasteiger partial charge is 0.497 e. The van der Waals surface area contributed by atoms with Crippen molar-refractivity contribution in [3.05, 3.63) is 53.1 Å². The van der Waals surface area contributed by atoms with Crippen LogP contribution in [-0.4, -0.2) is 62.3 Å². The predicted octanol–water partition coefficient (Wildman–Crippen LogP) is 4.33. The van der Waals surface area contributed by atoms with Gasteiger partial charge in [-0.1, -0.05) is 22.9 Å². The van der Waals surface area contributed by atoms with E-state index in [1.165, 1.54) is 11.3 Å². The van der Waals surface area contributed by atoms with E-state index in [1.54, 1.807) is 36.3 Å². The van der Waals surface area contributed by atoms with Gasteiger partial charge in [0, 0.05) is 36.8 Å². The van der Waals surface area contributed by atoms with E-state index in [4.69, 9.17) is 26.1 Å². The van der Waals surface area contributed by atoms with E-state index < -0.39 is 0 Å². The fourth-order valence-corrected chi connectivity index (χ4v) is 4.59. The molecule has 2 aromatic carbocycles. The van der Waals surface area contributed by atoms with Crippen molar-refractivity contribution in [1.29, 1.82) is 0 Å². The van der Waals surface area contributed by atoms with Gasteiger partial charge in [-0.05, 0) is 48.9 Å². The van der Waals surface area contributed by atoms with Crippen LogP contribution in [0.15, 0.2) is 42.5 Å². The molecular weight excluding hydrogens is 422 g/mol. The number of carbonyl (C=O) groups is 1. The summed E-state index contributed by atoms with van der Waals surface area (Å²) in [6, 6.07) is 12.8. The van der Waals surface area contributed by atoms with Crippen molar-refractivity contribution in [3.8, 4) is 5.75 Å². The van der Waals surface area contributed by atoms with E-state index in [0.717, 1.165) is 55.2 Å². The molecule has 0 spiro atoms. The Morgan fingerprint density at radius 1 is 1.23 bits per heavy atom. The minimum atomic E-state index is -0.0698. The standard InChI is InChI=1S/C22H24ClN3O3S/c1-28-18-7-8-19-20(15-18)30-22(24-19)26(10-2-9-25-11-13-29-14-12-25)21(27)16-3-5-17(23)6-4-16/h3-8,15H,2,9-14H2,1H3. The zero-order chi connectivity index (χ0) is 20.9. The average Bonchev–Trinajstić information content (AvgIpc) is 3.20. The molecule has 0 aliphatic carbocycles. The number of fused-ring (bicyclic) bond motifs is 1. The highest BCUT2D eigenvalue weighted by molar-refractivity contribution is 7.22. The summed E-state index contributed by atoms with van der Waals surface area (Å²) in [5.41, 5.74) is 1.46. The number of anilines is 1. The first kappa shape index (κ1) is 21.1. The molecule has 1 fully saturated rings. The monoisotopic (exact) mass is 445 g/mol. The third kappa shape index (κ3) is 4.92. The molecule has 3 aromatic rings. The summed E-state index contributed by atoms with van der Waals surface area (Å²) in [6.07, 6.45) is 0.860. The normalized spacial score (nSPS) is 14.7. The lowest BCUT2D eigenvalue weighted by Crippen LogP contribution is -2.39. The van der Waals surface area contributed by atoms with Crippen molar-refractivity contribution in [2.75, 3.05) is 51.4 Å². The SMILES string of the molecule is COc1ccc2nc(N(CCCN3CCOCC3)C(=O)c3ccc(Cl)cc3)sc2c1. The molecule has 0 bridgehead atoms. The van der Waals surface area contributed by atoms with Gasteiger partial charge in [-0.25, -0.2) is 4.98 Å². The van der Waals surface area contributed by atoms with Crippen molar-refractivity contribution in [1.82, 2.24) is 9.88 Å². The zero-order valence-corrected chi connectivity index (χ0v) is 18.4. The van der Waals surface area contributed by atoms with Crippen molar-refractivity contribution >= 4 is 44.2 Å². The molecule has 0 radical (unpaired) electrons. The van der Waals surface area contributed by atoms with Crippen LogP contribution >= 0.6 is 22.9 Å². The molecule has 4 rings (SSSR count). The summed E-state index contributed by atoms with van der Waals surface area (Å²) in [4.78, 5) is 22.2. The number of methoxy groups -OCH3 is 1. The fraction of sp³-hybridized carbons (Fsp3) is 0.364. The van der Waals surface area contributed by atoms with E-state index in [1.807, 2.05) is 18.2 Å². The molecule has 0 N–H and O–H groups in total. The van der Waals surface area contributed by atoms with Crippen LogP contribution in [0.25, 0.3) is 10.2 Å². The lowest BCUT2D eigenvalue weighted by Gasteiger charge is -2.27. The third-order valence-corrected chi connectivity index (χ3v) is 6.40. The van der Waals surface area contributed by atoms with Crippen molar-refractivity contribution in [2.45, 2.75) is 6.42 Å². The molecule has 6 nitrogen and oxygen atoms in total. The van der Waals surface area contributed by atoms with Crippen LogP contribution in [0.3, 0.4) is 0 Å². The number of benzene rings is 2.